The van der Waals surface area contributed by atoms with Gasteiger partial charge in [0.05, 0.1) is 18.7 Å². The third-order valence-electron chi connectivity index (χ3n) is 5.32. The largest absolute Gasteiger partial charge is 0.410 e. The molecule has 1 aromatic rings. The van der Waals surface area contributed by atoms with Gasteiger partial charge in [-0.2, -0.15) is 18.3 Å². The average Bonchev–Trinajstić information content (AvgIpc) is 2.97. The number of nitrogens with zero attached hydrogens (tertiary/aromatic N) is 3. The lowest BCUT2D eigenvalue weighted by Crippen LogP contribution is -2.47. The number of methoxy groups -OCH3 is 1. The van der Waals surface area contributed by atoms with E-state index in [1.807, 2.05) is 0 Å². The maximum absolute atomic E-state index is 13.5. The molecule has 0 aromatic carbocycles. The fraction of sp³-hybridized carbons (Fsp3) is 0.765. The summed E-state index contributed by atoms with van der Waals surface area (Å²) >= 11 is 0. The average molecular weight is 374 g/mol. The van der Waals surface area contributed by atoms with Crippen molar-refractivity contribution in [3.8, 4) is 0 Å². The first kappa shape index (κ1) is 19.0. The SMILES string of the molecule is COCCC(=O)N1CCC([C@@H]2C[C@H](C(F)(F)F)n3nc(C)cc3N2)CC1. The molecule has 3 rings (SSSR count). The number of nitrogens with one attached hydrogen (secondary N) is 1. The highest BCUT2D eigenvalue weighted by atomic mass is 19.4. The number of hydrogen-bond donors (Lipinski definition) is 1. The van der Waals surface area contributed by atoms with Crippen molar-refractivity contribution in [1.29, 1.82) is 0 Å². The molecule has 9 heteroatoms. The van der Waals surface area contributed by atoms with Crippen LogP contribution in [0.25, 0.3) is 0 Å². The summed E-state index contributed by atoms with van der Waals surface area (Å²) < 4.78 is 46.5. The van der Waals surface area contributed by atoms with Crippen molar-refractivity contribution in [3.63, 3.8) is 0 Å². The first-order valence-corrected chi connectivity index (χ1v) is 8.95. The minimum absolute atomic E-state index is 0.0279. The van der Waals surface area contributed by atoms with E-state index in [0.29, 0.717) is 50.5 Å². The van der Waals surface area contributed by atoms with Gasteiger partial charge in [0.1, 0.15) is 5.82 Å². The highest BCUT2D eigenvalue weighted by Crippen LogP contribution is 2.42. The fourth-order valence-corrected chi connectivity index (χ4v) is 3.93. The molecule has 0 radical (unpaired) electrons. The van der Waals surface area contributed by atoms with Gasteiger partial charge in [0.25, 0.3) is 0 Å². The Morgan fingerprint density at radius 1 is 1.38 bits per heavy atom. The van der Waals surface area contributed by atoms with Gasteiger partial charge < -0.3 is 15.0 Å². The first-order valence-electron chi connectivity index (χ1n) is 8.95. The Labute approximate surface area is 150 Å². The zero-order chi connectivity index (χ0) is 18.9. The molecule has 0 saturated carbocycles. The summed E-state index contributed by atoms with van der Waals surface area (Å²) in [6.07, 6.45) is -2.61. The number of piperidine rings is 1. The summed E-state index contributed by atoms with van der Waals surface area (Å²) in [7, 11) is 1.55. The van der Waals surface area contributed by atoms with Crippen molar-refractivity contribution in [1.82, 2.24) is 14.7 Å². The van der Waals surface area contributed by atoms with Crippen molar-refractivity contribution in [2.24, 2.45) is 5.92 Å². The van der Waals surface area contributed by atoms with Crippen LogP contribution < -0.4 is 5.32 Å². The van der Waals surface area contributed by atoms with E-state index in [9.17, 15) is 18.0 Å². The third kappa shape index (κ3) is 3.97. The smallest absolute Gasteiger partial charge is 0.384 e. The number of fused-ring (bicyclic) bond motifs is 1. The maximum Gasteiger partial charge on any atom is 0.410 e. The van der Waals surface area contributed by atoms with Gasteiger partial charge in [0, 0.05) is 32.3 Å². The Kier molecular flexibility index (Phi) is 5.45. The molecule has 1 aromatic heterocycles. The number of amides is 1. The lowest BCUT2D eigenvalue weighted by Gasteiger charge is -2.41. The van der Waals surface area contributed by atoms with E-state index < -0.39 is 12.2 Å². The number of aryl methyl sites for hydroxylation is 1. The molecule has 2 atom stereocenters. The van der Waals surface area contributed by atoms with Gasteiger partial charge >= 0.3 is 6.18 Å². The van der Waals surface area contributed by atoms with Gasteiger partial charge in [0.2, 0.25) is 5.91 Å². The molecule has 0 aliphatic carbocycles. The minimum Gasteiger partial charge on any atom is -0.384 e. The van der Waals surface area contributed by atoms with Gasteiger partial charge in [-0.1, -0.05) is 0 Å². The van der Waals surface area contributed by atoms with Crippen LogP contribution >= 0.6 is 0 Å². The highest BCUT2D eigenvalue weighted by molar-refractivity contribution is 5.76. The topological polar surface area (TPSA) is 59.4 Å². The number of hydrogen-bond acceptors (Lipinski definition) is 4. The van der Waals surface area contributed by atoms with Crippen LogP contribution in [0.3, 0.4) is 0 Å². The van der Waals surface area contributed by atoms with Crippen molar-refractivity contribution >= 4 is 11.7 Å². The number of carbonyl (C=O) groups excluding carboxylic acids is 1. The molecule has 1 fully saturated rings. The van der Waals surface area contributed by atoms with Gasteiger partial charge in [0.15, 0.2) is 6.04 Å². The Morgan fingerprint density at radius 3 is 2.69 bits per heavy atom. The van der Waals surface area contributed by atoms with E-state index in [4.69, 9.17) is 4.74 Å². The summed E-state index contributed by atoms with van der Waals surface area (Å²) in [6, 6.07) is -0.200. The molecular formula is C17H25F3N4O2. The summed E-state index contributed by atoms with van der Waals surface area (Å²) in [4.78, 5) is 13.8. The molecule has 2 aliphatic rings. The Balaban J connectivity index is 1.65. The number of halogens is 3. The maximum atomic E-state index is 13.5. The van der Waals surface area contributed by atoms with Crippen LogP contribution in [0.5, 0.6) is 0 Å². The minimum atomic E-state index is -4.33. The number of likely N-dealkylation sites (tertiary alicyclic amines) is 1. The van der Waals surface area contributed by atoms with Gasteiger partial charge in [-0.25, -0.2) is 4.68 Å². The van der Waals surface area contributed by atoms with Gasteiger partial charge in [-0.3, -0.25) is 4.79 Å². The molecular weight excluding hydrogens is 349 g/mol. The summed E-state index contributed by atoms with van der Waals surface area (Å²) in [5.74, 6) is 0.582. The van der Waals surface area contributed by atoms with E-state index in [2.05, 4.69) is 10.4 Å². The zero-order valence-corrected chi connectivity index (χ0v) is 15.1. The second-order valence-corrected chi connectivity index (χ2v) is 7.12. The van der Waals surface area contributed by atoms with Crippen LogP contribution in [-0.4, -0.2) is 59.6 Å². The summed E-state index contributed by atoms with van der Waals surface area (Å²) in [6.45, 7) is 3.25. The van der Waals surface area contributed by atoms with Crippen LogP contribution in [0.2, 0.25) is 0 Å². The van der Waals surface area contributed by atoms with Crippen molar-refractivity contribution in [3.05, 3.63) is 11.8 Å². The van der Waals surface area contributed by atoms with E-state index in [1.165, 1.54) is 0 Å². The first-order chi connectivity index (χ1) is 12.3. The summed E-state index contributed by atoms with van der Waals surface area (Å²) in [5, 5.41) is 7.26. The van der Waals surface area contributed by atoms with Crippen molar-refractivity contribution < 1.29 is 22.7 Å². The Hall–Kier alpha value is -1.77. The fourth-order valence-electron chi connectivity index (χ4n) is 3.93. The van der Waals surface area contributed by atoms with Crippen LogP contribution in [-0.2, 0) is 9.53 Å². The molecule has 1 amide bonds. The number of rotatable bonds is 4. The number of carbonyl (C=O) groups is 1. The Bertz CT molecular complexity index is 638. The van der Waals surface area contributed by atoms with Crippen LogP contribution in [0.4, 0.5) is 19.0 Å². The predicted octanol–water partition coefficient (Wildman–Crippen LogP) is 2.75. The van der Waals surface area contributed by atoms with Crippen molar-refractivity contribution in [2.45, 2.75) is 50.9 Å². The van der Waals surface area contributed by atoms with Gasteiger partial charge in [-0.15, -0.1) is 0 Å². The molecule has 0 bridgehead atoms. The lowest BCUT2D eigenvalue weighted by atomic mass is 9.84. The molecule has 3 heterocycles. The lowest BCUT2D eigenvalue weighted by molar-refractivity contribution is -0.174. The number of aromatic nitrogens is 2. The van der Waals surface area contributed by atoms with Crippen molar-refractivity contribution in [2.75, 3.05) is 32.1 Å². The second-order valence-electron chi connectivity index (χ2n) is 7.12. The monoisotopic (exact) mass is 374 g/mol. The quantitative estimate of drug-likeness (QED) is 0.881. The van der Waals surface area contributed by atoms with E-state index in [-0.39, 0.29) is 24.3 Å². The number of alkyl halides is 3. The van der Waals surface area contributed by atoms with Crippen LogP contribution in [0.1, 0.15) is 37.4 Å². The predicted molar refractivity (Wildman–Crippen MR) is 89.9 cm³/mol. The highest BCUT2D eigenvalue weighted by Gasteiger charge is 2.47. The molecule has 0 spiro atoms. The molecule has 146 valence electrons. The molecule has 2 aliphatic heterocycles. The molecule has 1 N–H and O–H groups in total. The standard InChI is InChI=1S/C17H25F3N4O2/c1-11-9-15-21-13(10-14(17(18,19)20)24(15)22-11)12-3-6-23(7-4-12)16(25)5-8-26-2/h9,12-14,21H,3-8,10H2,1-2H3/t13-,14+/m0/s1. The zero-order valence-electron chi connectivity index (χ0n) is 15.1. The molecule has 6 nitrogen and oxygen atoms in total. The number of anilines is 1. The third-order valence-corrected chi connectivity index (χ3v) is 5.32. The second kappa shape index (κ2) is 7.46. The van der Waals surface area contributed by atoms with Crippen LogP contribution in [0.15, 0.2) is 6.07 Å². The van der Waals surface area contributed by atoms with Gasteiger partial charge in [-0.05, 0) is 32.1 Å². The normalized spacial score (nSPS) is 24.3. The van der Waals surface area contributed by atoms with Crippen LogP contribution in [0, 0.1) is 12.8 Å². The number of ether oxygens (including phenoxy) is 1. The van der Waals surface area contributed by atoms with E-state index >= 15 is 0 Å². The summed E-state index contributed by atoms with van der Waals surface area (Å²) in [5.41, 5.74) is 0.570. The van der Waals surface area contributed by atoms with E-state index in [0.717, 1.165) is 4.68 Å². The molecule has 0 unspecified atom stereocenters. The Morgan fingerprint density at radius 2 is 2.08 bits per heavy atom. The molecule has 1 saturated heterocycles. The van der Waals surface area contributed by atoms with E-state index in [1.54, 1.807) is 25.0 Å². The molecule has 26 heavy (non-hydrogen) atoms.